The normalized spacial score (nSPS) is 9.86. The Labute approximate surface area is 82.2 Å². The molecule has 0 unspecified atom stereocenters. The van der Waals surface area contributed by atoms with Gasteiger partial charge in [0.15, 0.2) is 0 Å². The summed E-state index contributed by atoms with van der Waals surface area (Å²) in [5.41, 5.74) is 2.72. The molecule has 0 aliphatic rings. The first-order chi connectivity index (χ1) is 6.63. The van der Waals surface area contributed by atoms with E-state index in [1.807, 2.05) is 5.43 Å². The fourth-order valence-electron chi connectivity index (χ4n) is 0.885. The Hall–Kier alpha value is -1.60. The van der Waals surface area contributed by atoms with Crippen molar-refractivity contribution in [3.8, 4) is 0 Å². The van der Waals surface area contributed by atoms with Gasteiger partial charge in [0.25, 0.3) is 5.91 Å². The zero-order valence-electron chi connectivity index (χ0n) is 7.06. The minimum Gasteiger partial charge on any atom is -0.290 e. The molecule has 0 heterocycles. The summed E-state index contributed by atoms with van der Waals surface area (Å²) in [6.07, 6.45) is 0. The average molecular weight is 215 g/mol. The van der Waals surface area contributed by atoms with Gasteiger partial charge in [0, 0.05) is 11.3 Å². The van der Waals surface area contributed by atoms with Gasteiger partial charge in [-0.15, -0.1) is 0 Å². The van der Waals surface area contributed by atoms with Crippen molar-refractivity contribution in [2.75, 3.05) is 4.72 Å². The molecule has 0 aliphatic carbocycles. The van der Waals surface area contributed by atoms with Gasteiger partial charge in [-0.3, -0.25) is 14.9 Å². The fraction of sp³-hybridized carbons (Fsp3) is 0. The summed E-state index contributed by atoms with van der Waals surface area (Å²) >= 11 is 0. The monoisotopic (exact) mass is 215 g/mol. The predicted octanol–water partition coefficient (Wildman–Crippen LogP) is -0.772. The molecule has 0 atom stereocenters. The molecule has 0 spiro atoms. The van der Waals surface area contributed by atoms with Crippen LogP contribution in [0.2, 0.25) is 0 Å². The number of hydrogen-bond donors (Lipinski definition) is 4. The molecule has 0 saturated heterocycles. The summed E-state index contributed by atoms with van der Waals surface area (Å²) in [6, 6.07) is 5.86. The van der Waals surface area contributed by atoms with E-state index in [4.69, 9.17) is 5.84 Å². The number of benzene rings is 1. The van der Waals surface area contributed by atoms with Crippen molar-refractivity contribution < 1.29 is 13.2 Å². The third-order valence-corrected chi connectivity index (χ3v) is 1.94. The molecule has 7 heteroatoms. The molecule has 6 nitrogen and oxygen atoms in total. The summed E-state index contributed by atoms with van der Waals surface area (Å²) in [6.45, 7) is 0. The number of thiol groups is 1. The Kier molecular flexibility index (Phi) is 3.43. The van der Waals surface area contributed by atoms with Crippen LogP contribution in [0.3, 0.4) is 0 Å². The minimum absolute atomic E-state index is 0.360. The van der Waals surface area contributed by atoms with Crippen molar-refractivity contribution >= 4 is 22.5 Å². The van der Waals surface area contributed by atoms with Gasteiger partial charge in [0.1, 0.15) is 0 Å². The molecule has 0 aromatic heterocycles. The first-order valence-corrected chi connectivity index (χ1v) is 4.83. The number of nitrogens with one attached hydrogen (secondary N) is 2. The van der Waals surface area contributed by atoms with Crippen LogP contribution in [0, 0.1) is 0 Å². The Morgan fingerprint density at radius 3 is 2.21 bits per heavy atom. The number of amides is 1. The molecule has 76 valence electrons. The van der Waals surface area contributed by atoms with Crippen molar-refractivity contribution in [1.29, 1.82) is 0 Å². The van der Waals surface area contributed by atoms with Crippen LogP contribution in [0.1, 0.15) is 10.4 Å². The molecular weight excluding hydrogens is 206 g/mol. The van der Waals surface area contributed by atoms with Crippen LogP contribution >= 0.6 is 0 Å². The van der Waals surface area contributed by atoms with E-state index in [1.165, 1.54) is 24.3 Å². The third-order valence-electron chi connectivity index (χ3n) is 1.50. The number of carbonyl (C=O) groups is 1. The summed E-state index contributed by atoms with van der Waals surface area (Å²) in [4.78, 5) is 11.0. The number of nitrogens with two attached hydrogens (primary N) is 1. The zero-order chi connectivity index (χ0) is 10.6. The van der Waals surface area contributed by atoms with Crippen LogP contribution in [-0.2, 0) is 10.9 Å². The van der Waals surface area contributed by atoms with Crippen molar-refractivity contribution in [3.63, 3.8) is 0 Å². The smallest absolute Gasteiger partial charge is 0.265 e. The molecule has 1 aromatic rings. The van der Waals surface area contributed by atoms with Gasteiger partial charge < -0.3 is 0 Å². The highest BCUT2D eigenvalue weighted by molar-refractivity contribution is 7.73. The van der Waals surface area contributed by atoms with Gasteiger partial charge in [0.2, 0.25) is 10.9 Å². The minimum atomic E-state index is -2.68. The lowest BCUT2D eigenvalue weighted by Gasteiger charge is -2.01. The second kappa shape index (κ2) is 4.58. The quantitative estimate of drug-likeness (QED) is 0.230. The van der Waals surface area contributed by atoms with Gasteiger partial charge in [-0.1, -0.05) is 0 Å². The molecule has 4 N–H and O–H groups in total. The van der Waals surface area contributed by atoms with E-state index >= 15 is 0 Å². The van der Waals surface area contributed by atoms with Gasteiger partial charge in [-0.05, 0) is 24.3 Å². The van der Waals surface area contributed by atoms with Crippen molar-refractivity contribution in [2.24, 2.45) is 5.84 Å². The highest BCUT2D eigenvalue weighted by Gasteiger charge is 2.01. The molecule has 1 amide bonds. The number of nitrogen functional groups attached to an aromatic ring is 1. The van der Waals surface area contributed by atoms with Crippen molar-refractivity contribution in [1.82, 2.24) is 5.43 Å². The van der Waals surface area contributed by atoms with Crippen LogP contribution in [0.4, 0.5) is 5.69 Å². The highest BCUT2D eigenvalue weighted by atomic mass is 32.2. The first-order valence-electron chi connectivity index (χ1n) is 3.65. The van der Waals surface area contributed by atoms with E-state index in [9.17, 15) is 13.2 Å². The van der Waals surface area contributed by atoms with Crippen LogP contribution in [0.25, 0.3) is 0 Å². The Morgan fingerprint density at radius 2 is 1.79 bits per heavy atom. The van der Waals surface area contributed by atoms with Gasteiger partial charge in [-0.2, -0.15) is 0 Å². The molecule has 0 radical (unpaired) electrons. The number of rotatable bonds is 3. The molecule has 0 fully saturated rings. The Bertz CT molecular complexity index is 391. The summed E-state index contributed by atoms with van der Waals surface area (Å²) in [5.74, 6) is 4.48. The maximum absolute atomic E-state index is 11.0. The Morgan fingerprint density at radius 1 is 1.21 bits per heavy atom. The maximum Gasteiger partial charge on any atom is 0.265 e. The summed E-state index contributed by atoms with van der Waals surface area (Å²) in [7, 11) is -2.68. The molecule has 0 aliphatic heterocycles. The van der Waals surface area contributed by atoms with E-state index in [2.05, 4.69) is 4.72 Å². The summed E-state index contributed by atoms with van der Waals surface area (Å²) < 4.78 is 22.7. The van der Waals surface area contributed by atoms with Crippen LogP contribution in [-0.4, -0.2) is 14.3 Å². The molecule has 1 rings (SSSR count). The second-order valence-electron chi connectivity index (χ2n) is 2.42. The van der Waals surface area contributed by atoms with E-state index in [1.54, 1.807) is 0 Å². The lowest BCUT2D eigenvalue weighted by molar-refractivity contribution is 0.0953. The number of hydrazine groups is 1. The lowest BCUT2D eigenvalue weighted by atomic mass is 10.2. The van der Waals surface area contributed by atoms with E-state index < -0.39 is 16.8 Å². The lowest BCUT2D eigenvalue weighted by Crippen LogP contribution is -2.29. The average Bonchev–Trinajstić information content (AvgIpc) is 2.17. The standard InChI is InChI=1S/C7H9N3O3S/c8-9-7(11)5-1-3-6(4-2-5)10-14(12)13/h1-4,14H,8H2,(H,9,11)(H,10,12,13). The van der Waals surface area contributed by atoms with Gasteiger partial charge in [-0.25, -0.2) is 14.3 Å². The first kappa shape index (κ1) is 10.5. The molecule has 1 aromatic carbocycles. The predicted molar refractivity (Wildman–Crippen MR) is 52.0 cm³/mol. The van der Waals surface area contributed by atoms with E-state index in [-0.39, 0.29) is 0 Å². The third kappa shape index (κ3) is 2.71. The molecule has 0 saturated carbocycles. The topological polar surface area (TPSA) is 101 Å². The van der Waals surface area contributed by atoms with E-state index in [0.29, 0.717) is 11.3 Å². The van der Waals surface area contributed by atoms with Crippen LogP contribution < -0.4 is 16.0 Å². The molecule has 14 heavy (non-hydrogen) atoms. The van der Waals surface area contributed by atoms with Crippen LogP contribution in [0.5, 0.6) is 0 Å². The number of anilines is 1. The molecule has 0 bridgehead atoms. The van der Waals surface area contributed by atoms with Gasteiger partial charge in [0.05, 0.1) is 0 Å². The van der Waals surface area contributed by atoms with Gasteiger partial charge >= 0.3 is 0 Å². The second-order valence-corrected chi connectivity index (χ2v) is 3.16. The maximum atomic E-state index is 11.0. The number of hydrogen-bond acceptors (Lipinski definition) is 4. The van der Waals surface area contributed by atoms with E-state index in [0.717, 1.165) is 0 Å². The van der Waals surface area contributed by atoms with Crippen molar-refractivity contribution in [2.45, 2.75) is 0 Å². The van der Waals surface area contributed by atoms with Crippen LogP contribution in [0.15, 0.2) is 24.3 Å². The Balaban J connectivity index is 2.83. The summed E-state index contributed by atoms with van der Waals surface area (Å²) in [5, 5.41) is 0. The zero-order valence-corrected chi connectivity index (χ0v) is 7.95. The van der Waals surface area contributed by atoms with Crippen molar-refractivity contribution in [3.05, 3.63) is 29.8 Å². The largest absolute Gasteiger partial charge is 0.290 e. The highest BCUT2D eigenvalue weighted by Crippen LogP contribution is 2.08. The SMILES string of the molecule is NNC(=O)c1ccc(N[SH](=O)=O)cc1. The fourth-order valence-corrected chi connectivity index (χ4v) is 1.24. The molecular formula is C7H9N3O3S. The number of carbonyl (C=O) groups excluding carboxylic acids is 1.